The molecule has 2 aromatic rings. The summed E-state index contributed by atoms with van der Waals surface area (Å²) in [5.74, 6) is 0. The Morgan fingerprint density at radius 1 is 1.10 bits per heavy atom. The lowest BCUT2D eigenvalue weighted by Gasteiger charge is -2.07. The molecule has 106 valence electrons. The highest BCUT2D eigenvalue weighted by molar-refractivity contribution is 8.13. The van der Waals surface area contributed by atoms with Gasteiger partial charge in [-0.3, -0.25) is 5.32 Å². The molecule has 21 heavy (non-hydrogen) atoms. The Hall–Kier alpha value is -1.90. The molecule has 0 amide bonds. The monoisotopic (exact) mass is 313 g/mol. The summed E-state index contributed by atoms with van der Waals surface area (Å²) in [4.78, 5) is 5.64. The minimum Gasteiger partial charge on any atom is -0.271 e. The lowest BCUT2D eigenvalue weighted by Crippen LogP contribution is -2.12. The molecule has 2 aromatic carbocycles. The van der Waals surface area contributed by atoms with E-state index in [1.807, 2.05) is 36.7 Å². The van der Waals surface area contributed by atoms with Crippen LogP contribution in [0.5, 0.6) is 0 Å². The van der Waals surface area contributed by atoms with E-state index in [2.05, 4.69) is 40.8 Å². The minimum absolute atomic E-state index is 0.592. The van der Waals surface area contributed by atoms with Crippen LogP contribution in [0.15, 0.2) is 58.4 Å². The lowest BCUT2D eigenvalue weighted by molar-refractivity contribution is 1.28. The van der Waals surface area contributed by atoms with Gasteiger partial charge in [-0.25, -0.2) is 4.99 Å². The number of nitrogens with one attached hydrogen (secondary N) is 1. The topological polar surface area (TPSA) is 48.2 Å². The van der Waals surface area contributed by atoms with E-state index >= 15 is 0 Å². The van der Waals surface area contributed by atoms with Gasteiger partial charge in [-0.1, -0.05) is 42.1 Å². The van der Waals surface area contributed by atoms with Crippen molar-refractivity contribution < 1.29 is 0 Å². The van der Waals surface area contributed by atoms with E-state index < -0.39 is 0 Å². The van der Waals surface area contributed by atoms with Crippen LogP contribution in [0.2, 0.25) is 0 Å². The number of amidine groups is 1. The summed E-state index contributed by atoms with van der Waals surface area (Å²) in [6.45, 7) is 0. The number of hydrogen-bond donors (Lipinski definition) is 1. The molecule has 1 N–H and O–H groups in total. The smallest absolute Gasteiger partial charge is 0.183 e. The van der Waals surface area contributed by atoms with Crippen LogP contribution >= 0.6 is 23.5 Å². The summed E-state index contributed by atoms with van der Waals surface area (Å²) in [6.07, 6.45) is 5.85. The summed E-state index contributed by atoms with van der Waals surface area (Å²) in [7, 11) is 0. The van der Waals surface area contributed by atoms with Gasteiger partial charge in [0, 0.05) is 4.90 Å². The Morgan fingerprint density at radius 3 is 2.43 bits per heavy atom. The van der Waals surface area contributed by atoms with Gasteiger partial charge in [-0.05, 0) is 41.8 Å². The van der Waals surface area contributed by atoms with Crippen molar-refractivity contribution in [1.82, 2.24) is 5.32 Å². The van der Waals surface area contributed by atoms with Crippen LogP contribution in [0.25, 0.3) is 11.1 Å². The van der Waals surface area contributed by atoms with Gasteiger partial charge in [0.25, 0.3) is 0 Å². The van der Waals surface area contributed by atoms with E-state index in [1.54, 1.807) is 11.8 Å². The average molecular weight is 313 g/mol. The fourth-order valence-corrected chi connectivity index (χ4v) is 2.85. The highest BCUT2D eigenvalue weighted by Crippen LogP contribution is 2.31. The number of thioether (sulfide) groups is 2. The maximum Gasteiger partial charge on any atom is 0.183 e. The van der Waals surface area contributed by atoms with Crippen molar-refractivity contribution in [3.05, 3.63) is 48.5 Å². The van der Waals surface area contributed by atoms with E-state index in [-0.39, 0.29) is 0 Å². The van der Waals surface area contributed by atoms with Crippen molar-refractivity contribution in [2.45, 2.75) is 4.90 Å². The summed E-state index contributed by atoms with van der Waals surface area (Å²) < 4.78 is 0. The largest absolute Gasteiger partial charge is 0.271 e. The fourth-order valence-electron chi connectivity index (χ4n) is 1.89. The Labute approximate surface area is 133 Å². The summed E-state index contributed by atoms with van der Waals surface area (Å²) in [5, 5.41) is 11.8. The van der Waals surface area contributed by atoms with Gasteiger partial charge >= 0.3 is 0 Å². The summed E-state index contributed by atoms with van der Waals surface area (Å²) in [5.41, 5.74) is 3.21. The number of benzene rings is 2. The van der Waals surface area contributed by atoms with Crippen LogP contribution in [0.1, 0.15) is 0 Å². The first-order valence-corrected chi connectivity index (χ1v) is 8.74. The maximum absolute atomic E-state index is 8.64. The quantitative estimate of drug-likeness (QED) is 0.298. The molecule has 0 spiro atoms. The second kappa shape index (κ2) is 7.77. The van der Waals surface area contributed by atoms with Crippen molar-refractivity contribution in [2.75, 3.05) is 12.5 Å². The first kappa shape index (κ1) is 15.5. The molecule has 0 aliphatic heterocycles. The van der Waals surface area contributed by atoms with Crippen molar-refractivity contribution in [2.24, 2.45) is 4.99 Å². The van der Waals surface area contributed by atoms with Crippen LogP contribution in [-0.4, -0.2) is 17.7 Å². The van der Waals surface area contributed by atoms with Crippen LogP contribution in [-0.2, 0) is 0 Å². The van der Waals surface area contributed by atoms with E-state index in [1.165, 1.54) is 22.2 Å². The molecule has 0 bridgehead atoms. The second-order valence-electron chi connectivity index (χ2n) is 4.11. The number of nitrogens with zero attached hydrogens (tertiary/aromatic N) is 2. The van der Waals surface area contributed by atoms with E-state index in [0.717, 1.165) is 11.3 Å². The first-order chi connectivity index (χ1) is 10.3. The van der Waals surface area contributed by atoms with E-state index in [9.17, 15) is 0 Å². The molecule has 0 saturated heterocycles. The van der Waals surface area contributed by atoms with Crippen molar-refractivity contribution in [1.29, 1.82) is 5.26 Å². The number of nitriles is 1. The molecule has 0 heterocycles. The van der Waals surface area contributed by atoms with Crippen LogP contribution in [0, 0.1) is 11.5 Å². The normalized spacial score (nSPS) is 11.0. The Bertz CT molecular complexity index is 673. The number of aliphatic imine (C=N–C) groups is 1. The minimum atomic E-state index is 0.592. The summed E-state index contributed by atoms with van der Waals surface area (Å²) in [6, 6.07) is 16.4. The standard InChI is InChI=1S/C16H15N3S2/c1-20-15-6-4-3-5-14(15)12-7-9-13(10-8-12)19-16(21-2)18-11-17/h3-10H,1-2H3,(H,18,19). The Kier molecular flexibility index (Phi) is 5.73. The van der Waals surface area contributed by atoms with Crippen molar-refractivity contribution in [3.63, 3.8) is 0 Å². The third-order valence-electron chi connectivity index (χ3n) is 2.87. The third-order valence-corrected chi connectivity index (χ3v) is 4.25. The van der Waals surface area contributed by atoms with Gasteiger partial charge in [-0.15, -0.1) is 11.8 Å². The third kappa shape index (κ3) is 4.03. The van der Waals surface area contributed by atoms with Gasteiger partial charge in [-0.2, -0.15) is 5.26 Å². The molecule has 0 saturated carbocycles. The molecular weight excluding hydrogens is 298 g/mol. The molecule has 2 rings (SSSR count). The predicted octanol–water partition coefficient (Wildman–Crippen LogP) is 4.50. The zero-order chi connectivity index (χ0) is 15.1. The van der Waals surface area contributed by atoms with Gasteiger partial charge in [0.05, 0.1) is 5.69 Å². The lowest BCUT2D eigenvalue weighted by atomic mass is 10.1. The van der Waals surface area contributed by atoms with Crippen molar-refractivity contribution >= 4 is 34.4 Å². The van der Waals surface area contributed by atoms with Crippen LogP contribution < -0.4 is 5.32 Å². The van der Waals surface area contributed by atoms with Gasteiger partial charge in [0.15, 0.2) is 11.4 Å². The van der Waals surface area contributed by atoms with Crippen LogP contribution in [0.3, 0.4) is 0 Å². The molecule has 3 nitrogen and oxygen atoms in total. The highest BCUT2D eigenvalue weighted by Gasteiger charge is 2.03. The molecule has 0 aliphatic carbocycles. The SMILES string of the molecule is CSC(=Nc1ccc(-c2ccccc2SC)cc1)NC#N. The van der Waals surface area contributed by atoms with Crippen molar-refractivity contribution in [3.8, 4) is 17.3 Å². The summed E-state index contributed by atoms with van der Waals surface area (Å²) >= 11 is 3.15. The van der Waals surface area contributed by atoms with Gasteiger partial charge in [0.1, 0.15) is 0 Å². The second-order valence-corrected chi connectivity index (χ2v) is 5.75. The number of rotatable bonds is 3. The fraction of sp³-hybridized carbons (Fsp3) is 0.125. The van der Waals surface area contributed by atoms with Gasteiger partial charge in [0.2, 0.25) is 0 Å². The number of hydrogen-bond acceptors (Lipinski definition) is 4. The van der Waals surface area contributed by atoms with E-state index in [0.29, 0.717) is 5.17 Å². The Morgan fingerprint density at radius 2 is 1.81 bits per heavy atom. The highest BCUT2D eigenvalue weighted by atomic mass is 32.2. The average Bonchev–Trinajstić information content (AvgIpc) is 2.55. The van der Waals surface area contributed by atoms with E-state index in [4.69, 9.17) is 5.26 Å². The molecule has 0 fully saturated rings. The first-order valence-electron chi connectivity index (χ1n) is 6.29. The Balaban J connectivity index is 2.29. The zero-order valence-corrected chi connectivity index (χ0v) is 13.5. The molecule has 0 aliphatic rings. The predicted molar refractivity (Wildman–Crippen MR) is 93.0 cm³/mol. The molecule has 0 radical (unpaired) electrons. The molecule has 0 aromatic heterocycles. The van der Waals surface area contributed by atoms with Crippen LogP contribution in [0.4, 0.5) is 5.69 Å². The molecule has 5 heteroatoms. The molecule has 0 unspecified atom stereocenters. The van der Waals surface area contributed by atoms with Gasteiger partial charge < -0.3 is 0 Å². The molecular formula is C16H15N3S2. The zero-order valence-electron chi connectivity index (χ0n) is 11.8. The maximum atomic E-state index is 8.64. The molecule has 0 atom stereocenters.